The molecule has 1 unspecified atom stereocenters. The maximum atomic E-state index is 12.1. The van der Waals surface area contributed by atoms with Gasteiger partial charge < -0.3 is 11.1 Å². The van der Waals surface area contributed by atoms with E-state index in [-0.39, 0.29) is 18.0 Å². The van der Waals surface area contributed by atoms with Crippen LogP contribution in [0.5, 0.6) is 0 Å². The molecule has 0 aliphatic heterocycles. The van der Waals surface area contributed by atoms with Gasteiger partial charge in [0.25, 0.3) is 0 Å². The van der Waals surface area contributed by atoms with Crippen LogP contribution >= 0.6 is 11.8 Å². The van der Waals surface area contributed by atoms with Crippen LogP contribution in [0.25, 0.3) is 0 Å². The zero-order valence-electron chi connectivity index (χ0n) is 12.0. The van der Waals surface area contributed by atoms with Gasteiger partial charge in [-0.25, -0.2) is 0 Å². The first-order valence-electron chi connectivity index (χ1n) is 7.29. The summed E-state index contributed by atoms with van der Waals surface area (Å²) in [5.74, 6) is 1.57. The molecule has 1 aromatic carbocycles. The van der Waals surface area contributed by atoms with E-state index >= 15 is 0 Å². The van der Waals surface area contributed by atoms with E-state index in [2.05, 4.69) is 17.4 Å². The summed E-state index contributed by atoms with van der Waals surface area (Å²) in [6.45, 7) is 0. The van der Waals surface area contributed by atoms with Gasteiger partial charge in [0.15, 0.2) is 0 Å². The first-order chi connectivity index (χ1) is 9.70. The zero-order chi connectivity index (χ0) is 14.4. The van der Waals surface area contributed by atoms with Crippen molar-refractivity contribution in [1.82, 2.24) is 5.32 Å². The van der Waals surface area contributed by atoms with Crippen molar-refractivity contribution in [3.63, 3.8) is 0 Å². The molecule has 1 saturated carbocycles. The fraction of sp³-hybridized carbons (Fsp3) is 0.562. The number of nitrogens with one attached hydrogen (secondary N) is 1. The number of nitrogens with two attached hydrogens (primary N) is 1. The van der Waals surface area contributed by atoms with E-state index in [4.69, 9.17) is 5.73 Å². The Labute approximate surface area is 125 Å². The molecule has 20 heavy (non-hydrogen) atoms. The Morgan fingerprint density at radius 1 is 1.40 bits per heavy atom. The molecule has 0 bridgehead atoms. The normalized spacial score (nSPS) is 17.5. The van der Waals surface area contributed by atoms with Crippen molar-refractivity contribution in [2.45, 2.75) is 37.8 Å². The van der Waals surface area contributed by atoms with Crippen molar-refractivity contribution in [1.29, 1.82) is 0 Å². The highest BCUT2D eigenvalue weighted by Gasteiger charge is 2.33. The molecule has 0 spiro atoms. The largest absolute Gasteiger partial charge is 0.351 e. The van der Waals surface area contributed by atoms with Crippen LogP contribution in [-0.2, 0) is 11.2 Å². The van der Waals surface area contributed by atoms with E-state index in [0.29, 0.717) is 5.92 Å². The van der Waals surface area contributed by atoms with E-state index in [1.54, 1.807) is 11.8 Å². The quantitative estimate of drug-likeness (QED) is 0.772. The van der Waals surface area contributed by atoms with Gasteiger partial charge in [0.2, 0.25) is 5.91 Å². The van der Waals surface area contributed by atoms with Gasteiger partial charge in [-0.3, -0.25) is 4.79 Å². The number of benzene rings is 1. The lowest BCUT2D eigenvalue weighted by Gasteiger charge is -2.21. The smallest absolute Gasteiger partial charge is 0.237 e. The molecule has 3 N–H and O–H groups in total. The minimum absolute atomic E-state index is 0.00637. The van der Waals surface area contributed by atoms with E-state index in [9.17, 15) is 4.79 Å². The summed E-state index contributed by atoms with van der Waals surface area (Å²) in [6, 6.07) is 10.2. The molecule has 0 saturated heterocycles. The first kappa shape index (κ1) is 15.4. The van der Waals surface area contributed by atoms with Crippen LogP contribution in [-0.4, -0.2) is 30.0 Å². The fourth-order valence-electron chi connectivity index (χ4n) is 2.37. The maximum Gasteiger partial charge on any atom is 0.237 e. The highest BCUT2D eigenvalue weighted by Crippen LogP contribution is 2.34. The second kappa shape index (κ2) is 7.70. The second-order valence-electron chi connectivity index (χ2n) is 5.53. The third-order valence-electron chi connectivity index (χ3n) is 3.79. The summed E-state index contributed by atoms with van der Waals surface area (Å²) in [7, 11) is 0. The van der Waals surface area contributed by atoms with Gasteiger partial charge in [-0.1, -0.05) is 30.3 Å². The molecule has 1 aliphatic carbocycles. The summed E-state index contributed by atoms with van der Waals surface area (Å²) in [5, 5.41) is 3.16. The third-order valence-corrected chi connectivity index (χ3v) is 4.43. The fourth-order valence-corrected chi connectivity index (χ4v) is 2.86. The number of thioether (sulfide) groups is 1. The monoisotopic (exact) mass is 292 g/mol. The zero-order valence-corrected chi connectivity index (χ0v) is 12.9. The molecule has 1 aromatic rings. The Hall–Kier alpha value is -1.00. The summed E-state index contributed by atoms with van der Waals surface area (Å²) in [6.07, 6.45) is 6.13. The highest BCUT2D eigenvalue weighted by molar-refractivity contribution is 7.98. The van der Waals surface area contributed by atoms with Crippen molar-refractivity contribution in [3.05, 3.63) is 35.9 Å². The molecule has 2 rings (SSSR count). The first-order valence-corrected chi connectivity index (χ1v) is 8.69. The van der Waals surface area contributed by atoms with Crippen molar-refractivity contribution >= 4 is 17.7 Å². The van der Waals surface area contributed by atoms with Gasteiger partial charge in [-0.2, -0.15) is 11.8 Å². The number of amides is 1. The SMILES string of the molecule is CSCC[C@H](N)C(=O)NC(Cc1ccccc1)C1CC1. The lowest BCUT2D eigenvalue weighted by molar-refractivity contribution is -0.123. The van der Waals surface area contributed by atoms with Gasteiger partial charge >= 0.3 is 0 Å². The molecule has 1 amide bonds. The van der Waals surface area contributed by atoms with Crippen LogP contribution in [0.3, 0.4) is 0 Å². The lowest BCUT2D eigenvalue weighted by Crippen LogP contribution is -2.47. The maximum absolute atomic E-state index is 12.1. The molecule has 1 aliphatic rings. The van der Waals surface area contributed by atoms with Gasteiger partial charge in [-0.05, 0) is 49.2 Å². The van der Waals surface area contributed by atoms with E-state index in [1.807, 2.05) is 24.5 Å². The van der Waals surface area contributed by atoms with Gasteiger partial charge in [0.1, 0.15) is 0 Å². The number of carbonyl (C=O) groups is 1. The van der Waals surface area contributed by atoms with E-state index in [1.165, 1.54) is 18.4 Å². The number of rotatable bonds is 8. The number of hydrogen-bond acceptors (Lipinski definition) is 3. The Morgan fingerprint density at radius 3 is 2.70 bits per heavy atom. The van der Waals surface area contributed by atoms with E-state index < -0.39 is 0 Å². The predicted molar refractivity (Wildman–Crippen MR) is 85.8 cm³/mol. The second-order valence-corrected chi connectivity index (χ2v) is 6.52. The molecule has 2 atom stereocenters. The average Bonchev–Trinajstić information content (AvgIpc) is 3.29. The predicted octanol–water partition coefficient (Wildman–Crippen LogP) is 2.20. The Bertz CT molecular complexity index is 420. The van der Waals surface area contributed by atoms with Crippen LogP contribution in [0.2, 0.25) is 0 Å². The van der Waals surface area contributed by atoms with Crippen molar-refractivity contribution in [2.75, 3.05) is 12.0 Å². The summed E-state index contributed by atoms with van der Waals surface area (Å²) >= 11 is 1.73. The van der Waals surface area contributed by atoms with Gasteiger partial charge in [-0.15, -0.1) is 0 Å². The Morgan fingerprint density at radius 2 is 2.10 bits per heavy atom. The standard InChI is InChI=1S/C16H24N2OS/c1-20-10-9-14(17)16(19)18-15(13-7-8-13)11-12-5-3-2-4-6-12/h2-6,13-15H,7-11,17H2,1H3,(H,18,19)/t14-,15?/m0/s1. The molecular formula is C16H24N2OS. The molecule has 110 valence electrons. The van der Waals surface area contributed by atoms with Gasteiger partial charge in [0, 0.05) is 6.04 Å². The molecule has 0 aromatic heterocycles. The molecule has 3 nitrogen and oxygen atoms in total. The highest BCUT2D eigenvalue weighted by atomic mass is 32.2. The van der Waals surface area contributed by atoms with Crippen molar-refractivity contribution < 1.29 is 4.79 Å². The van der Waals surface area contributed by atoms with Crippen LogP contribution < -0.4 is 11.1 Å². The lowest BCUT2D eigenvalue weighted by atomic mass is 10.0. The summed E-state index contributed by atoms with van der Waals surface area (Å²) in [5.41, 5.74) is 7.22. The molecule has 4 heteroatoms. The molecule has 1 fully saturated rings. The summed E-state index contributed by atoms with van der Waals surface area (Å²) in [4.78, 5) is 12.1. The van der Waals surface area contributed by atoms with Crippen molar-refractivity contribution in [2.24, 2.45) is 11.7 Å². The topological polar surface area (TPSA) is 55.1 Å². The summed E-state index contributed by atoms with van der Waals surface area (Å²) < 4.78 is 0. The number of hydrogen-bond donors (Lipinski definition) is 2. The number of carbonyl (C=O) groups excluding carboxylic acids is 1. The van der Waals surface area contributed by atoms with Crippen LogP contribution in [0.15, 0.2) is 30.3 Å². The van der Waals surface area contributed by atoms with Gasteiger partial charge in [0.05, 0.1) is 6.04 Å². The van der Waals surface area contributed by atoms with Crippen LogP contribution in [0.1, 0.15) is 24.8 Å². The van der Waals surface area contributed by atoms with Crippen molar-refractivity contribution in [3.8, 4) is 0 Å². The molecular weight excluding hydrogens is 268 g/mol. The molecule has 0 radical (unpaired) electrons. The Kier molecular flexibility index (Phi) is 5.92. The minimum atomic E-state index is -0.375. The average molecular weight is 292 g/mol. The minimum Gasteiger partial charge on any atom is -0.351 e. The third kappa shape index (κ3) is 4.84. The van der Waals surface area contributed by atoms with E-state index in [0.717, 1.165) is 18.6 Å². The van der Waals surface area contributed by atoms with Crippen LogP contribution in [0, 0.1) is 5.92 Å². The molecule has 0 heterocycles. The Balaban J connectivity index is 1.87. The van der Waals surface area contributed by atoms with Crippen LogP contribution in [0.4, 0.5) is 0 Å².